The molecule has 1 aliphatic heterocycles. The highest BCUT2D eigenvalue weighted by Gasteiger charge is 2.26. The molecule has 0 unspecified atom stereocenters. The first kappa shape index (κ1) is 19.9. The highest BCUT2D eigenvalue weighted by atomic mass is 16.2. The summed E-state index contributed by atoms with van der Waals surface area (Å²) in [6.07, 6.45) is 5.39. The van der Waals surface area contributed by atoms with Crippen molar-refractivity contribution in [2.24, 2.45) is 13.0 Å². The van der Waals surface area contributed by atoms with E-state index in [1.165, 1.54) is 0 Å². The van der Waals surface area contributed by atoms with Gasteiger partial charge < -0.3 is 10.2 Å². The fourth-order valence-corrected chi connectivity index (χ4v) is 3.91. The van der Waals surface area contributed by atoms with Crippen LogP contribution in [0.4, 0.5) is 5.82 Å². The zero-order valence-electron chi connectivity index (χ0n) is 17.3. The summed E-state index contributed by atoms with van der Waals surface area (Å²) in [5, 5.41) is 14.3. The summed E-state index contributed by atoms with van der Waals surface area (Å²) >= 11 is 0. The summed E-state index contributed by atoms with van der Waals surface area (Å²) in [6, 6.07) is 9.92. The highest BCUT2D eigenvalue weighted by Crippen LogP contribution is 2.27. The molecular formula is C22H26N6O2. The van der Waals surface area contributed by atoms with Crippen LogP contribution in [0.5, 0.6) is 0 Å². The lowest BCUT2D eigenvalue weighted by atomic mass is 9.93. The van der Waals surface area contributed by atoms with Crippen molar-refractivity contribution in [3.63, 3.8) is 0 Å². The van der Waals surface area contributed by atoms with Crippen molar-refractivity contribution >= 4 is 17.6 Å². The lowest BCUT2D eigenvalue weighted by Crippen LogP contribution is -2.39. The quantitative estimate of drug-likeness (QED) is 0.681. The lowest BCUT2D eigenvalue weighted by Gasteiger charge is -2.31. The molecule has 0 atom stereocenters. The molecule has 2 N–H and O–H groups in total. The first-order valence-electron chi connectivity index (χ1n) is 10.2. The summed E-state index contributed by atoms with van der Waals surface area (Å²) < 4.78 is 1.63. The van der Waals surface area contributed by atoms with Crippen molar-refractivity contribution in [3.05, 3.63) is 53.9 Å². The Labute approximate surface area is 175 Å². The minimum Gasteiger partial charge on any atom is -0.339 e. The van der Waals surface area contributed by atoms with E-state index in [9.17, 15) is 9.59 Å². The Hall–Kier alpha value is -3.42. The van der Waals surface area contributed by atoms with Gasteiger partial charge >= 0.3 is 0 Å². The van der Waals surface area contributed by atoms with Crippen LogP contribution in [0.3, 0.4) is 0 Å². The van der Waals surface area contributed by atoms with Gasteiger partial charge in [0.15, 0.2) is 5.82 Å². The monoisotopic (exact) mass is 406 g/mol. The number of carbonyl (C=O) groups excluding carboxylic acids is 2. The third-order valence-electron chi connectivity index (χ3n) is 5.66. The number of aromatic amines is 1. The van der Waals surface area contributed by atoms with Gasteiger partial charge in [-0.1, -0.05) is 30.3 Å². The molecule has 8 heteroatoms. The van der Waals surface area contributed by atoms with Gasteiger partial charge in [-0.05, 0) is 31.2 Å². The van der Waals surface area contributed by atoms with Crippen molar-refractivity contribution < 1.29 is 9.59 Å². The standard InChI is InChI=1S/C22H26N6O2/c1-15-20(17-6-4-3-5-7-17)25-26-21(15)24-19(29)12-16-8-10-28(11-9-16)22(30)18-13-23-27(2)14-18/h3-7,13-14,16H,8-12H2,1-2H3,(H2,24,25,26,29). The molecule has 3 heterocycles. The van der Waals surface area contributed by atoms with Gasteiger partial charge in [-0.25, -0.2) is 0 Å². The maximum atomic E-state index is 12.6. The Morgan fingerprint density at radius 3 is 2.60 bits per heavy atom. The predicted octanol–water partition coefficient (Wildman–Crippen LogP) is 3.00. The van der Waals surface area contributed by atoms with Gasteiger partial charge in [0.05, 0.1) is 17.5 Å². The molecule has 30 heavy (non-hydrogen) atoms. The van der Waals surface area contributed by atoms with Crippen LogP contribution in [0.2, 0.25) is 0 Å². The fourth-order valence-electron chi connectivity index (χ4n) is 3.91. The zero-order valence-corrected chi connectivity index (χ0v) is 17.3. The van der Waals surface area contributed by atoms with E-state index in [1.54, 1.807) is 24.1 Å². The number of nitrogens with zero attached hydrogens (tertiary/aromatic N) is 4. The zero-order chi connectivity index (χ0) is 21.1. The molecule has 2 aromatic heterocycles. The van der Waals surface area contributed by atoms with E-state index >= 15 is 0 Å². The van der Waals surface area contributed by atoms with E-state index in [4.69, 9.17) is 0 Å². The molecular weight excluding hydrogens is 380 g/mol. The number of hydrogen-bond acceptors (Lipinski definition) is 4. The minimum atomic E-state index is -0.0405. The SMILES string of the molecule is Cc1c(NC(=O)CC2CCN(C(=O)c3cnn(C)c3)CC2)n[nH]c1-c1ccccc1. The maximum absolute atomic E-state index is 12.6. The van der Waals surface area contributed by atoms with Crippen LogP contribution in [0.25, 0.3) is 11.3 Å². The molecule has 0 saturated carbocycles. The molecule has 156 valence electrons. The van der Waals surface area contributed by atoms with Crippen LogP contribution in [0.1, 0.15) is 35.2 Å². The Morgan fingerprint density at radius 2 is 1.93 bits per heavy atom. The molecule has 4 rings (SSSR count). The van der Waals surface area contributed by atoms with Crippen LogP contribution in [-0.2, 0) is 11.8 Å². The first-order valence-corrected chi connectivity index (χ1v) is 10.2. The molecule has 1 aromatic carbocycles. The molecule has 1 fully saturated rings. The largest absolute Gasteiger partial charge is 0.339 e. The number of anilines is 1. The van der Waals surface area contributed by atoms with Crippen LogP contribution < -0.4 is 5.32 Å². The summed E-state index contributed by atoms with van der Waals surface area (Å²) in [5.74, 6) is 0.798. The minimum absolute atomic E-state index is 0.00610. The van der Waals surface area contributed by atoms with Crippen LogP contribution >= 0.6 is 0 Å². The van der Waals surface area contributed by atoms with Gasteiger partial charge in [-0.15, -0.1) is 0 Å². The third kappa shape index (κ3) is 4.27. The molecule has 1 aliphatic rings. The Morgan fingerprint density at radius 1 is 1.20 bits per heavy atom. The number of hydrogen-bond donors (Lipinski definition) is 2. The number of nitrogens with one attached hydrogen (secondary N) is 2. The van der Waals surface area contributed by atoms with Gasteiger partial charge in [-0.2, -0.15) is 10.2 Å². The van der Waals surface area contributed by atoms with E-state index in [2.05, 4.69) is 20.6 Å². The maximum Gasteiger partial charge on any atom is 0.257 e. The first-order chi connectivity index (χ1) is 14.5. The second-order valence-corrected chi connectivity index (χ2v) is 7.83. The normalized spacial score (nSPS) is 14.7. The van der Waals surface area contributed by atoms with E-state index < -0.39 is 0 Å². The molecule has 0 spiro atoms. The Bertz CT molecular complexity index is 1030. The highest BCUT2D eigenvalue weighted by molar-refractivity contribution is 5.94. The molecule has 1 saturated heterocycles. The lowest BCUT2D eigenvalue weighted by molar-refractivity contribution is -0.117. The molecule has 3 aromatic rings. The smallest absolute Gasteiger partial charge is 0.257 e. The number of likely N-dealkylation sites (tertiary alicyclic amines) is 1. The second-order valence-electron chi connectivity index (χ2n) is 7.83. The van der Waals surface area contributed by atoms with E-state index in [0.29, 0.717) is 30.9 Å². The summed E-state index contributed by atoms with van der Waals surface area (Å²) in [4.78, 5) is 26.9. The van der Waals surface area contributed by atoms with Crippen molar-refractivity contribution in [1.82, 2.24) is 24.9 Å². The summed E-state index contributed by atoms with van der Waals surface area (Å²) in [5.41, 5.74) is 3.48. The van der Waals surface area contributed by atoms with Crippen molar-refractivity contribution in [1.29, 1.82) is 0 Å². The Balaban J connectivity index is 1.29. The average Bonchev–Trinajstić information content (AvgIpc) is 3.35. The van der Waals surface area contributed by atoms with E-state index in [-0.39, 0.29) is 17.7 Å². The van der Waals surface area contributed by atoms with E-state index in [0.717, 1.165) is 29.7 Å². The summed E-state index contributed by atoms with van der Waals surface area (Å²) in [6.45, 7) is 3.26. The predicted molar refractivity (Wildman–Crippen MR) is 114 cm³/mol. The number of amides is 2. The van der Waals surface area contributed by atoms with Crippen molar-refractivity contribution in [2.45, 2.75) is 26.2 Å². The Kier molecular flexibility index (Phi) is 5.65. The number of rotatable bonds is 5. The summed E-state index contributed by atoms with van der Waals surface area (Å²) in [7, 11) is 1.80. The number of benzene rings is 1. The van der Waals surface area contributed by atoms with Crippen molar-refractivity contribution in [2.75, 3.05) is 18.4 Å². The molecule has 0 bridgehead atoms. The van der Waals surface area contributed by atoms with E-state index in [1.807, 2.05) is 42.2 Å². The number of H-pyrrole nitrogens is 1. The molecule has 2 amide bonds. The molecule has 0 radical (unpaired) electrons. The van der Waals surface area contributed by atoms with Gasteiger partial charge in [0, 0.05) is 38.3 Å². The second kappa shape index (κ2) is 8.52. The topological polar surface area (TPSA) is 95.9 Å². The number of carbonyl (C=O) groups is 2. The average molecular weight is 406 g/mol. The van der Waals surface area contributed by atoms with Gasteiger partial charge in [0.1, 0.15) is 0 Å². The van der Waals surface area contributed by atoms with Gasteiger partial charge in [0.25, 0.3) is 5.91 Å². The van der Waals surface area contributed by atoms with Crippen LogP contribution in [0.15, 0.2) is 42.7 Å². The van der Waals surface area contributed by atoms with Crippen LogP contribution in [-0.4, -0.2) is 49.8 Å². The number of aromatic nitrogens is 4. The number of aryl methyl sites for hydroxylation is 1. The van der Waals surface area contributed by atoms with Gasteiger partial charge in [0.2, 0.25) is 5.91 Å². The fraction of sp³-hybridized carbons (Fsp3) is 0.364. The molecule has 0 aliphatic carbocycles. The molecule has 8 nitrogen and oxygen atoms in total. The van der Waals surface area contributed by atoms with Crippen molar-refractivity contribution in [3.8, 4) is 11.3 Å². The number of piperidine rings is 1. The third-order valence-corrected chi connectivity index (χ3v) is 5.66. The van der Waals surface area contributed by atoms with Gasteiger partial charge in [-0.3, -0.25) is 19.4 Å². The van der Waals surface area contributed by atoms with Crippen LogP contribution in [0, 0.1) is 12.8 Å².